The number of hydrogen-bond donors (Lipinski definition) is 1. The average Bonchev–Trinajstić information content (AvgIpc) is 2.68. The molecule has 18 heavy (non-hydrogen) atoms. The van der Waals surface area contributed by atoms with E-state index in [-0.39, 0.29) is 5.56 Å². The topological polar surface area (TPSA) is 50.7 Å². The zero-order chi connectivity index (χ0) is 13.2. The molecule has 0 spiro atoms. The third-order valence-electron chi connectivity index (χ3n) is 2.79. The number of nitrogens with zero attached hydrogens (tertiary/aromatic N) is 1. The molecule has 0 radical (unpaired) electrons. The van der Waals surface area contributed by atoms with Gasteiger partial charge in [-0.1, -0.05) is 17.3 Å². The fourth-order valence-electron chi connectivity index (χ4n) is 1.90. The quantitative estimate of drug-likeness (QED) is 0.893. The predicted octanol–water partition coefficient (Wildman–Crippen LogP) is 2.11. The van der Waals surface area contributed by atoms with Gasteiger partial charge in [0, 0.05) is 6.42 Å². The fraction of sp³-hybridized carbons (Fsp3) is 0.385. The van der Waals surface area contributed by atoms with Crippen molar-refractivity contribution in [2.45, 2.75) is 25.9 Å². The van der Waals surface area contributed by atoms with Crippen LogP contribution in [0.15, 0.2) is 29.4 Å². The Bertz CT molecular complexity index is 502. The molecule has 1 aromatic carbocycles. The Morgan fingerprint density at radius 3 is 2.89 bits per heavy atom. The summed E-state index contributed by atoms with van der Waals surface area (Å²) in [5.74, 6) is -0.970. The van der Waals surface area contributed by atoms with E-state index in [9.17, 15) is 9.18 Å². The normalized spacial score (nSPS) is 22.3. The molecule has 1 N–H and O–H groups in total. The minimum absolute atomic E-state index is 0.0386. The summed E-state index contributed by atoms with van der Waals surface area (Å²) in [6.45, 7) is 4.01. The van der Waals surface area contributed by atoms with Crippen LogP contribution in [0.1, 0.15) is 30.6 Å². The van der Waals surface area contributed by atoms with Gasteiger partial charge < -0.3 is 10.2 Å². The maximum atomic E-state index is 13.4. The van der Waals surface area contributed by atoms with Gasteiger partial charge in [-0.25, -0.2) is 4.39 Å². The molecule has 5 heteroatoms. The number of nitrogens with one attached hydrogen (secondary N) is 1. The molecule has 0 saturated heterocycles. The van der Waals surface area contributed by atoms with Gasteiger partial charge in [0.15, 0.2) is 5.60 Å². The van der Waals surface area contributed by atoms with Crippen LogP contribution >= 0.6 is 0 Å². The maximum Gasteiger partial charge on any atom is 0.254 e. The lowest BCUT2D eigenvalue weighted by atomic mass is 10.0. The van der Waals surface area contributed by atoms with Crippen LogP contribution in [0, 0.1) is 5.82 Å². The highest BCUT2D eigenvalue weighted by molar-refractivity contribution is 5.94. The molecule has 0 saturated carbocycles. The van der Waals surface area contributed by atoms with Crippen LogP contribution < -0.4 is 5.32 Å². The highest BCUT2D eigenvalue weighted by Crippen LogP contribution is 2.22. The lowest BCUT2D eigenvalue weighted by molar-refractivity contribution is -0.00184. The van der Waals surface area contributed by atoms with Crippen LogP contribution in [0.4, 0.5) is 4.39 Å². The lowest BCUT2D eigenvalue weighted by Gasteiger charge is -2.21. The summed E-state index contributed by atoms with van der Waals surface area (Å²) in [5.41, 5.74) is 0.389. The van der Waals surface area contributed by atoms with Crippen LogP contribution in [-0.2, 0) is 4.84 Å². The first kappa shape index (κ1) is 12.5. The molecule has 1 aliphatic rings. The predicted molar refractivity (Wildman–Crippen MR) is 65.9 cm³/mol. The molecule has 2 rings (SSSR count). The lowest BCUT2D eigenvalue weighted by Crippen LogP contribution is -2.41. The molecular formula is C13H15FN2O2. The minimum Gasteiger partial charge on any atom is -0.387 e. The number of amides is 1. The van der Waals surface area contributed by atoms with E-state index in [2.05, 4.69) is 10.5 Å². The molecule has 0 aromatic heterocycles. The molecule has 1 aromatic rings. The van der Waals surface area contributed by atoms with Gasteiger partial charge in [0.1, 0.15) is 5.82 Å². The van der Waals surface area contributed by atoms with Crippen molar-refractivity contribution in [1.82, 2.24) is 5.32 Å². The smallest absolute Gasteiger partial charge is 0.254 e. The van der Waals surface area contributed by atoms with Gasteiger partial charge in [0.2, 0.25) is 0 Å². The van der Waals surface area contributed by atoms with Gasteiger partial charge in [-0.05, 0) is 26.0 Å². The first-order chi connectivity index (χ1) is 8.50. The molecule has 0 bridgehead atoms. The number of carbonyl (C=O) groups excluding carboxylic acids is 1. The third-order valence-corrected chi connectivity index (χ3v) is 2.79. The summed E-state index contributed by atoms with van der Waals surface area (Å²) in [6, 6.07) is 5.88. The van der Waals surface area contributed by atoms with E-state index < -0.39 is 17.3 Å². The van der Waals surface area contributed by atoms with Crippen LogP contribution in [-0.4, -0.2) is 23.8 Å². The van der Waals surface area contributed by atoms with Crippen molar-refractivity contribution < 1.29 is 14.0 Å². The molecule has 1 aliphatic heterocycles. The van der Waals surface area contributed by atoms with Crippen molar-refractivity contribution in [2.24, 2.45) is 5.16 Å². The van der Waals surface area contributed by atoms with E-state index in [0.717, 1.165) is 5.71 Å². The van der Waals surface area contributed by atoms with Gasteiger partial charge in [-0.2, -0.15) is 0 Å². The van der Waals surface area contributed by atoms with Crippen molar-refractivity contribution in [3.63, 3.8) is 0 Å². The summed E-state index contributed by atoms with van der Waals surface area (Å²) < 4.78 is 13.4. The Morgan fingerprint density at radius 1 is 1.56 bits per heavy atom. The van der Waals surface area contributed by atoms with E-state index in [4.69, 9.17) is 4.84 Å². The molecule has 1 atom stereocenters. The van der Waals surface area contributed by atoms with E-state index in [1.165, 1.54) is 12.1 Å². The number of rotatable bonds is 3. The van der Waals surface area contributed by atoms with Crippen molar-refractivity contribution in [2.75, 3.05) is 6.54 Å². The summed E-state index contributed by atoms with van der Waals surface area (Å²) in [5, 5.41) is 6.51. The Morgan fingerprint density at radius 2 is 2.28 bits per heavy atom. The zero-order valence-electron chi connectivity index (χ0n) is 10.4. The van der Waals surface area contributed by atoms with Crippen LogP contribution in [0.3, 0.4) is 0 Å². The van der Waals surface area contributed by atoms with E-state index in [1.807, 2.05) is 13.8 Å². The van der Waals surface area contributed by atoms with Crippen molar-refractivity contribution in [3.8, 4) is 0 Å². The third kappa shape index (κ3) is 2.67. The standard InChI is InChI=1S/C13H15FN2O2/c1-9-7-13(2,18-16-9)8-15-12(17)10-5-3-4-6-11(10)14/h3-6H,7-8H2,1-2H3,(H,15,17)/t13-/m0/s1. The second-order valence-electron chi connectivity index (χ2n) is 4.71. The summed E-state index contributed by atoms with van der Waals surface area (Å²) in [7, 11) is 0. The number of carbonyl (C=O) groups is 1. The van der Waals surface area contributed by atoms with Crippen molar-refractivity contribution in [1.29, 1.82) is 0 Å². The summed E-state index contributed by atoms with van der Waals surface area (Å²) in [4.78, 5) is 17.1. The van der Waals surface area contributed by atoms with E-state index in [1.54, 1.807) is 12.1 Å². The minimum atomic E-state index is -0.537. The summed E-state index contributed by atoms with van der Waals surface area (Å²) in [6.07, 6.45) is 0.657. The van der Waals surface area contributed by atoms with Crippen LogP contribution in [0.2, 0.25) is 0 Å². The van der Waals surface area contributed by atoms with E-state index in [0.29, 0.717) is 13.0 Å². The number of halogens is 1. The molecule has 4 nitrogen and oxygen atoms in total. The summed E-state index contributed by atoms with van der Waals surface area (Å²) >= 11 is 0. The van der Waals surface area contributed by atoms with Crippen LogP contribution in [0.5, 0.6) is 0 Å². The first-order valence-corrected chi connectivity index (χ1v) is 5.74. The molecule has 0 fully saturated rings. The Labute approximate surface area is 105 Å². The number of oxime groups is 1. The molecule has 96 valence electrons. The molecule has 1 heterocycles. The van der Waals surface area contributed by atoms with Gasteiger partial charge in [0.05, 0.1) is 17.8 Å². The van der Waals surface area contributed by atoms with Gasteiger partial charge in [0.25, 0.3) is 5.91 Å². The monoisotopic (exact) mass is 250 g/mol. The largest absolute Gasteiger partial charge is 0.387 e. The molecule has 0 unspecified atom stereocenters. The second-order valence-corrected chi connectivity index (χ2v) is 4.71. The fourth-order valence-corrected chi connectivity index (χ4v) is 1.90. The van der Waals surface area contributed by atoms with Crippen molar-refractivity contribution >= 4 is 11.6 Å². The maximum absolute atomic E-state index is 13.4. The Hall–Kier alpha value is -1.91. The molecule has 0 aliphatic carbocycles. The van der Waals surface area contributed by atoms with Gasteiger partial charge in [-0.15, -0.1) is 0 Å². The SMILES string of the molecule is CC1=NO[C@](C)(CNC(=O)c2ccccc2F)C1. The van der Waals surface area contributed by atoms with Crippen LogP contribution in [0.25, 0.3) is 0 Å². The Kier molecular flexibility index (Phi) is 3.32. The highest BCUT2D eigenvalue weighted by atomic mass is 19.1. The van der Waals surface area contributed by atoms with Crippen molar-refractivity contribution in [3.05, 3.63) is 35.6 Å². The average molecular weight is 250 g/mol. The Balaban J connectivity index is 1.96. The molecule has 1 amide bonds. The molecular weight excluding hydrogens is 235 g/mol. The van der Waals surface area contributed by atoms with E-state index >= 15 is 0 Å². The number of hydrogen-bond acceptors (Lipinski definition) is 3. The highest BCUT2D eigenvalue weighted by Gasteiger charge is 2.33. The second kappa shape index (κ2) is 4.76. The number of benzene rings is 1. The zero-order valence-corrected chi connectivity index (χ0v) is 10.4. The first-order valence-electron chi connectivity index (χ1n) is 5.74. The van der Waals surface area contributed by atoms with Gasteiger partial charge >= 0.3 is 0 Å². The van der Waals surface area contributed by atoms with Gasteiger partial charge in [-0.3, -0.25) is 4.79 Å².